The van der Waals surface area contributed by atoms with Crippen LogP contribution in [0.1, 0.15) is 80.5 Å². The number of nitrogens with one attached hydrogen (secondary N) is 2. The average Bonchev–Trinajstić information content (AvgIpc) is 3.76. The molecule has 0 bridgehead atoms. The Balaban J connectivity index is 1.44. The van der Waals surface area contributed by atoms with E-state index >= 15 is 0 Å². The molecular weight excluding hydrogens is 781 g/mol. The Morgan fingerprint density at radius 3 is 1.66 bits per heavy atom. The molecule has 2 aromatic rings. The number of aliphatic hydroxyl groups excluding tert-OH is 2. The summed E-state index contributed by atoms with van der Waals surface area (Å²) in [5.41, 5.74) is 1.89. The van der Waals surface area contributed by atoms with E-state index in [0.29, 0.717) is 74.8 Å². The van der Waals surface area contributed by atoms with Crippen LogP contribution in [0, 0.1) is 0 Å². The quantitative estimate of drug-likeness (QED) is 0.0429. The maximum atomic E-state index is 13.8. The van der Waals surface area contributed by atoms with Gasteiger partial charge in [-0.05, 0) is 71.6 Å². The number of methoxy groups -OCH3 is 2. The highest BCUT2D eigenvalue weighted by molar-refractivity contribution is 7.80. The molecule has 0 aliphatic carbocycles. The summed E-state index contributed by atoms with van der Waals surface area (Å²) in [5, 5.41) is 25.6. The molecule has 2 aliphatic heterocycles. The van der Waals surface area contributed by atoms with Crippen LogP contribution in [0.25, 0.3) is 0 Å². The average molecular weight is 841 g/mol. The molecule has 16 heteroatoms. The van der Waals surface area contributed by atoms with E-state index in [1.807, 2.05) is 6.92 Å². The molecule has 4 N–H and O–H groups in total. The molecule has 3 atom stereocenters. The fraction of sp³-hybridized carbons (Fsp3) is 0.512. The number of aliphatic hydroxyl groups is 2. The Labute approximate surface area is 352 Å². The van der Waals surface area contributed by atoms with Crippen LogP contribution >= 0.6 is 12.6 Å². The summed E-state index contributed by atoms with van der Waals surface area (Å²) >= 11 is 4.36. The van der Waals surface area contributed by atoms with Crippen LogP contribution in [0.5, 0.6) is 23.0 Å². The predicted octanol–water partition coefficient (Wildman–Crippen LogP) is 6.42. The number of rotatable bonds is 20. The van der Waals surface area contributed by atoms with Gasteiger partial charge in [0, 0.05) is 30.5 Å². The Morgan fingerprint density at radius 2 is 1.25 bits per heavy atom. The first kappa shape index (κ1) is 46.6. The van der Waals surface area contributed by atoms with Crippen molar-refractivity contribution in [1.29, 1.82) is 0 Å². The lowest BCUT2D eigenvalue weighted by Gasteiger charge is -2.25. The molecule has 0 spiro atoms. The third kappa shape index (κ3) is 13.0. The maximum absolute atomic E-state index is 13.8. The van der Waals surface area contributed by atoms with E-state index in [2.05, 4.69) is 43.0 Å². The number of carbonyl (C=O) groups is 3. The van der Waals surface area contributed by atoms with Crippen molar-refractivity contribution in [2.45, 2.75) is 82.7 Å². The van der Waals surface area contributed by atoms with E-state index in [9.17, 15) is 24.6 Å². The van der Waals surface area contributed by atoms with Crippen molar-refractivity contribution in [2.24, 2.45) is 0 Å². The van der Waals surface area contributed by atoms with E-state index < -0.39 is 23.6 Å². The fourth-order valence-electron chi connectivity index (χ4n) is 6.66. The van der Waals surface area contributed by atoms with E-state index in [-0.39, 0.29) is 72.0 Å². The van der Waals surface area contributed by atoms with Gasteiger partial charge in [-0.1, -0.05) is 31.2 Å². The SMILES string of the molecule is C=C1C[C@@H](CO)N(C(=O)c2cc(OC)c(OCCCCCOc3cc(NC(=O)OC(C)(C)C)c(C(=O)N4CC(=C)C[C@H]4CO)cc3OC)cc2NC(=C)OC[C@@H](C)S)C1. The fourth-order valence-corrected chi connectivity index (χ4v) is 6.73. The van der Waals surface area contributed by atoms with E-state index in [4.69, 9.17) is 28.4 Å². The lowest BCUT2D eigenvalue weighted by Crippen LogP contribution is -2.38. The van der Waals surface area contributed by atoms with Crippen molar-refractivity contribution in [2.75, 3.05) is 71.0 Å². The summed E-state index contributed by atoms with van der Waals surface area (Å²) < 4.78 is 34.7. The molecule has 0 aromatic heterocycles. The summed E-state index contributed by atoms with van der Waals surface area (Å²) in [6.07, 6.45) is 2.22. The van der Waals surface area contributed by atoms with Gasteiger partial charge in [0.1, 0.15) is 12.2 Å². The minimum absolute atomic E-state index is 0.0462. The first-order chi connectivity index (χ1) is 28.0. The summed E-state index contributed by atoms with van der Waals surface area (Å²) in [4.78, 5) is 43.6. The van der Waals surface area contributed by atoms with Crippen LogP contribution in [0.3, 0.4) is 0 Å². The molecule has 3 amide bonds. The van der Waals surface area contributed by atoms with Gasteiger partial charge in [-0.15, -0.1) is 0 Å². The molecule has 2 aliphatic rings. The molecule has 0 radical (unpaired) electrons. The Morgan fingerprint density at radius 1 is 0.797 bits per heavy atom. The van der Waals surface area contributed by atoms with Gasteiger partial charge < -0.3 is 53.8 Å². The second-order valence-corrected chi connectivity index (χ2v) is 16.5. The highest BCUT2D eigenvalue weighted by Gasteiger charge is 2.35. The summed E-state index contributed by atoms with van der Waals surface area (Å²) in [5.74, 6) is 0.849. The molecule has 2 saturated heterocycles. The lowest BCUT2D eigenvalue weighted by atomic mass is 10.1. The zero-order valence-electron chi connectivity index (χ0n) is 35.1. The van der Waals surface area contributed by atoms with Crippen molar-refractivity contribution in [1.82, 2.24) is 9.80 Å². The van der Waals surface area contributed by atoms with Crippen LogP contribution in [0.2, 0.25) is 0 Å². The lowest BCUT2D eigenvalue weighted by molar-refractivity contribution is 0.0634. The van der Waals surface area contributed by atoms with Gasteiger partial charge in [-0.2, -0.15) is 12.6 Å². The third-order valence-corrected chi connectivity index (χ3v) is 9.59. The Kier molecular flexibility index (Phi) is 16.8. The Bertz CT molecular complexity index is 1860. The highest BCUT2D eigenvalue weighted by Crippen LogP contribution is 2.38. The normalized spacial score (nSPS) is 17.0. The number of benzene rings is 2. The van der Waals surface area contributed by atoms with Crippen molar-refractivity contribution in [3.63, 3.8) is 0 Å². The molecule has 0 unspecified atom stereocenters. The summed E-state index contributed by atoms with van der Waals surface area (Å²) in [6.45, 7) is 20.1. The number of unbranched alkanes of at least 4 members (excludes halogenated alkanes) is 2. The van der Waals surface area contributed by atoms with Crippen molar-refractivity contribution in [3.05, 3.63) is 72.2 Å². The smallest absolute Gasteiger partial charge is 0.412 e. The topological polar surface area (TPSA) is 178 Å². The van der Waals surface area contributed by atoms with Crippen molar-refractivity contribution < 1.29 is 53.0 Å². The molecular formula is C43H60N4O11S. The number of carbonyl (C=O) groups excluding carboxylic acids is 3. The van der Waals surface area contributed by atoms with Crippen LogP contribution in [-0.4, -0.2) is 121 Å². The molecule has 4 rings (SSSR count). The number of anilines is 2. The minimum atomic E-state index is -0.783. The molecule has 0 saturated carbocycles. The van der Waals surface area contributed by atoms with Gasteiger partial charge in [0.15, 0.2) is 28.9 Å². The van der Waals surface area contributed by atoms with Crippen LogP contribution in [0.15, 0.2) is 61.0 Å². The zero-order chi connectivity index (χ0) is 43.4. The predicted molar refractivity (Wildman–Crippen MR) is 229 cm³/mol. The van der Waals surface area contributed by atoms with Crippen LogP contribution in [0.4, 0.5) is 16.2 Å². The largest absolute Gasteiger partial charge is 0.493 e. The number of hydrogen-bond donors (Lipinski definition) is 5. The van der Waals surface area contributed by atoms with Gasteiger partial charge in [-0.3, -0.25) is 14.9 Å². The van der Waals surface area contributed by atoms with Gasteiger partial charge in [-0.25, -0.2) is 4.79 Å². The molecule has 324 valence electrons. The number of hydrogen-bond acceptors (Lipinski definition) is 13. The van der Waals surface area contributed by atoms with Crippen molar-refractivity contribution >= 4 is 41.9 Å². The van der Waals surface area contributed by atoms with Gasteiger partial charge in [0.25, 0.3) is 11.8 Å². The highest BCUT2D eigenvalue weighted by atomic mass is 32.1. The van der Waals surface area contributed by atoms with E-state index in [1.165, 1.54) is 31.3 Å². The molecule has 2 heterocycles. The number of likely N-dealkylation sites (tertiary alicyclic amines) is 2. The number of nitrogens with zero attached hydrogens (tertiary/aromatic N) is 2. The number of amides is 3. The van der Waals surface area contributed by atoms with Gasteiger partial charge >= 0.3 is 6.09 Å². The Hall–Kier alpha value is -5.06. The first-order valence-corrected chi connectivity index (χ1v) is 20.1. The summed E-state index contributed by atoms with van der Waals surface area (Å²) in [6, 6.07) is 5.49. The minimum Gasteiger partial charge on any atom is -0.493 e. The van der Waals surface area contributed by atoms with Gasteiger partial charge in [0.2, 0.25) is 0 Å². The zero-order valence-corrected chi connectivity index (χ0v) is 36.0. The monoisotopic (exact) mass is 840 g/mol. The second kappa shape index (κ2) is 21.3. The second-order valence-electron chi connectivity index (χ2n) is 15.6. The van der Waals surface area contributed by atoms with Gasteiger partial charge in [0.05, 0.1) is 75.2 Å². The first-order valence-electron chi connectivity index (χ1n) is 19.6. The van der Waals surface area contributed by atoms with E-state index in [0.717, 1.165) is 11.1 Å². The molecule has 59 heavy (non-hydrogen) atoms. The standard InChI is InChI=1S/C43H60N4O11S/c1-26-15-30(23-48)46(21-26)40(50)32-17-36(53-8)38(19-34(32)44-29(4)57-25-28(3)59)55-13-11-10-12-14-56-39-20-35(45-42(52)58-43(5,6)7)33(18-37(39)54-9)41(51)47-22-27(2)16-31(47)24-49/h17-20,28,30-31,44,48-49,59H,1-2,4,10-16,21-25H2,3,5-9H3,(H,45,52)/t28-,30+,31+/m1/s1. The number of ether oxygens (including phenoxy) is 6. The van der Waals surface area contributed by atoms with E-state index in [1.54, 1.807) is 37.8 Å². The summed E-state index contributed by atoms with van der Waals surface area (Å²) in [7, 11) is 2.95. The van der Waals surface area contributed by atoms with Crippen molar-refractivity contribution in [3.8, 4) is 23.0 Å². The van der Waals surface area contributed by atoms with Crippen LogP contribution < -0.4 is 29.6 Å². The molecule has 15 nitrogen and oxygen atoms in total. The number of thiol groups is 1. The maximum Gasteiger partial charge on any atom is 0.412 e. The van der Waals surface area contributed by atoms with Crippen LogP contribution in [-0.2, 0) is 9.47 Å². The third-order valence-electron chi connectivity index (χ3n) is 9.44. The molecule has 2 fully saturated rings. The molecule has 2 aromatic carbocycles.